The van der Waals surface area contributed by atoms with Crippen LogP contribution in [0.2, 0.25) is 5.02 Å². The lowest BCUT2D eigenvalue weighted by Gasteiger charge is -2.23. The Morgan fingerprint density at radius 1 is 0.875 bits per heavy atom. The van der Waals surface area contributed by atoms with E-state index in [0.717, 1.165) is 20.9 Å². The van der Waals surface area contributed by atoms with Gasteiger partial charge in [0.1, 0.15) is 11.4 Å². The number of quaternary nitrogens is 1. The summed E-state index contributed by atoms with van der Waals surface area (Å²) >= 11 is 6.38. The minimum Gasteiger partial charge on any atom is -0.399 e. The van der Waals surface area contributed by atoms with Gasteiger partial charge in [0, 0.05) is 17.1 Å². The number of benzene rings is 3. The molecule has 2 N–H and O–H groups in total. The summed E-state index contributed by atoms with van der Waals surface area (Å²) in [5, 5.41) is 11.4. The van der Waals surface area contributed by atoms with E-state index >= 15 is 0 Å². The zero-order chi connectivity index (χ0) is 17.3. The Kier molecular flexibility index (Phi) is 4.26. The quantitative estimate of drug-likeness (QED) is 0.372. The van der Waals surface area contributed by atoms with Crippen molar-refractivity contribution in [1.29, 1.82) is 0 Å². The number of nitrogen functional groups attached to an aromatic ring is 1. The number of nitrogens with zero attached hydrogens (tertiary/aromatic N) is 3. The molecule has 0 heterocycles. The standard InChI is InChI=1S/C19H20ClN4/c1-24(2,3)16-10-4-13-5-11-18(20)19(17(13)12-16)23-22-15-8-6-14(21)7-9-15/h4-12H,21H2,1-3H3/q+1. The largest absolute Gasteiger partial charge is 0.399 e. The first-order valence-electron chi connectivity index (χ1n) is 7.66. The summed E-state index contributed by atoms with van der Waals surface area (Å²) < 4.78 is 0.719. The van der Waals surface area contributed by atoms with Crippen molar-refractivity contribution in [2.24, 2.45) is 10.2 Å². The lowest BCUT2D eigenvalue weighted by molar-refractivity contribution is 0.487. The normalized spacial score (nSPS) is 12.2. The molecule has 0 spiro atoms. The van der Waals surface area contributed by atoms with Crippen LogP contribution in [0.5, 0.6) is 0 Å². The van der Waals surface area contributed by atoms with Crippen molar-refractivity contribution in [3.8, 4) is 0 Å². The van der Waals surface area contributed by atoms with E-state index in [2.05, 4.69) is 49.6 Å². The molecule has 3 aromatic rings. The van der Waals surface area contributed by atoms with Gasteiger partial charge in [-0.15, -0.1) is 5.11 Å². The Hall–Kier alpha value is -2.43. The van der Waals surface area contributed by atoms with Gasteiger partial charge in [0.15, 0.2) is 0 Å². The van der Waals surface area contributed by atoms with Crippen molar-refractivity contribution in [2.45, 2.75) is 0 Å². The molecule has 0 aliphatic carbocycles. The maximum absolute atomic E-state index is 6.38. The molecule has 3 rings (SSSR count). The highest BCUT2D eigenvalue weighted by Crippen LogP contribution is 2.37. The van der Waals surface area contributed by atoms with Gasteiger partial charge in [-0.2, -0.15) is 5.11 Å². The van der Waals surface area contributed by atoms with Gasteiger partial charge >= 0.3 is 0 Å². The molecular weight excluding hydrogens is 320 g/mol. The second-order valence-corrected chi connectivity index (χ2v) is 7.01. The van der Waals surface area contributed by atoms with Crippen LogP contribution in [0.3, 0.4) is 0 Å². The number of anilines is 1. The van der Waals surface area contributed by atoms with E-state index in [1.807, 2.05) is 24.3 Å². The second kappa shape index (κ2) is 6.23. The van der Waals surface area contributed by atoms with Gasteiger partial charge in [0.25, 0.3) is 0 Å². The minimum absolute atomic E-state index is 0.584. The van der Waals surface area contributed by atoms with Crippen molar-refractivity contribution < 1.29 is 0 Å². The SMILES string of the molecule is C[N+](C)(C)c1ccc2ccc(Cl)c(N=Nc3ccc(N)cc3)c2c1. The van der Waals surface area contributed by atoms with Gasteiger partial charge in [-0.3, -0.25) is 4.48 Å². The highest BCUT2D eigenvalue weighted by molar-refractivity contribution is 6.34. The van der Waals surface area contributed by atoms with Crippen LogP contribution in [-0.4, -0.2) is 21.1 Å². The zero-order valence-electron chi connectivity index (χ0n) is 14.0. The molecule has 24 heavy (non-hydrogen) atoms. The monoisotopic (exact) mass is 339 g/mol. The van der Waals surface area contributed by atoms with E-state index in [1.165, 1.54) is 5.69 Å². The first-order chi connectivity index (χ1) is 11.3. The van der Waals surface area contributed by atoms with E-state index in [1.54, 1.807) is 12.1 Å². The highest BCUT2D eigenvalue weighted by Gasteiger charge is 2.15. The molecule has 0 saturated heterocycles. The second-order valence-electron chi connectivity index (χ2n) is 6.61. The number of rotatable bonds is 3. The summed E-state index contributed by atoms with van der Waals surface area (Å²) in [7, 11) is 6.38. The Morgan fingerprint density at radius 2 is 1.54 bits per heavy atom. The minimum atomic E-state index is 0.584. The van der Waals surface area contributed by atoms with Gasteiger partial charge in [-0.1, -0.05) is 17.7 Å². The molecule has 3 aromatic carbocycles. The number of nitrogens with two attached hydrogens (primary N) is 1. The summed E-state index contributed by atoms with van der Waals surface area (Å²) in [6.07, 6.45) is 0. The van der Waals surface area contributed by atoms with Gasteiger partial charge in [0.2, 0.25) is 0 Å². The fraction of sp³-hybridized carbons (Fsp3) is 0.158. The van der Waals surface area contributed by atoms with Crippen molar-refractivity contribution in [2.75, 3.05) is 26.9 Å². The van der Waals surface area contributed by atoms with Crippen molar-refractivity contribution >= 4 is 45.1 Å². The lowest BCUT2D eigenvalue weighted by atomic mass is 10.1. The maximum Gasteiger partial charge on any atom is 0.132 e. The van der Waals surface area contributed by atoms with Gasteiger partial charge < -0.3 is 5.73 Å². The molecule has 0 saturated carbocycles. The van der Waals surface area contributed by atoms with Crippen LogP contribution >= 0.6 is 11.6 Å². The van der Waals surface area contributed by atoms with E-state index < -0.39 is 0 Å². The highest BCUT2D eigenvalue weighted by atomic mass is 35.5. The van der Waals surface area contributed by atoms with E-state index in [0.29, 0.717) is 16.4 Å². The average molecular weight is 340 g/mol. The van der Waals surface area contributed by atoms with E-state index in [4.69, 9.17) is 17.3 Å². The molecule has 0 atom stereocenters. The van der Waals surface area contributed by atoms with Crippen LogP contribution in [0, 0.1) is 0 Å². The van der Waals surface area contributed by atoms with Crippen LogP contribution in [-0.2, 0) is 0 Å². The Bertz CT molecular complexity index is 909. The molecule has 0 amide bonds. The summed E-state index contributed by atoms with van der Waals surface area (Å²) in [5.74, 6) is 0. The molecule has 0 unspecified atom stereocenters. The predicted octanol–water partition coefficient (Wildman–Crippen LogP) is 5.69. The smallest absolute Gasteiger partial charge is 0.132 e. The van der Waals surface area contributed by atoms with E-state index in [-0.39, 0.29) is 0 Å². The first kappa shape index (κ1) is 16.4. The van der Waals surface area contributed by atoms with Crippen LogP contribution in [0.4, 0.5) is 22.7 Å². The average Bonchev–Trinajstić information content (AvgIpc) is 2.54. The Balaban J connectivity index is 2.11. The van der Waals surface area contributed by atoms with Crippen LogP contribution in [0.1, 0.15) is 0 Å². The number of azo groups is 1. The molecule has 0 aliphatic heterocycles. The molecule has 4 nitrogen and oxygen atoms in total. The van der Waals surface area contributed by atoms with Crippen LogP contribution in [0.25, 0.3) is 10.8 Å². The Labute approximate surface area is 146 Å². The van der Waals surface area contributed by atoms with Crippen LogP contribution in [0.15, 0.2) is 64.8 Å². The van der Waals surface area contributed by atoms with Gasteiger partial charge in [-0.05, 0) is 47.9 Å². The molecular formula is C19H20ClN4+. The first-order valence-corrected chi connectivity index (χ1v) is 8.04. The van der Waals surface area contributed by atoms with Gasteiger partial charge in [-0.25, -0.2) is 0 Å². The molecule has 0 radical (unpaired) electrons. The summed E-state index contributed by atoms with van der Waals surface area (Å²) in [6, 6.07) is 17.4. The summed E-state index contributed by atoms with van der Waals surface area (Å²) in [5.41, 5.74) is 8.99. The zero-order valence-corrected chi connectivity index (χ0v) is 14.7. The van der Waals surface area contributed by atoms with Crippen molar-refractivity contribution in [1.82, 2.24) is 4.48 Å². The third-order valence-electron chi connectivity index (χ3n) is 3.86. The third-order valence-corrected chi connectivity index (χ3v) is 4.17. The van der Waals surface area contributed by atoms with Crippen LogP contribution < -0.4 is 10.2 Å². The molecule has 0 aromatic heterocycles. The lowest BCUT2D eigenvalue weighted by Crippen LogP contribution is -2.34. The molecule has 5 heteroatoms. The topological polar surface area (TPSA) is 50.7 Å². The number of hydrogen-bond donors (Lipinski definition) is 1. The number of fused-ring (bicyclic) bond motifs is 1. The van der Waals surface area contributed by atoms with Crippen molar-refractivity contribution in [3.05, 3.63) is 59.6 Å². The fourth-order valence-electron chi connectivity index (χ4n) is 2.43. The predicted molar refractivity (Wildman–Crippen MR) is 104 cm³/mol. The molecule has 0 aliphatic rings. The third kappa shape index (κ3) is 3.40. The summed E-state index contributed by atoms with van der Waals surface area (Å²) in [4.78, 5) is 0. The maximum atomic E-state index is 6.38. The van der Waals surface area contributed by atoms with E-state index in [9.17, 15) is 0 Å². The molecule has 0 fully saturated rings. The fourth-order valence-corrected chi connectivity index (χ4v) is 2.64. The number of hydrogen-bond acceptors (Lipinski definition) is 3. The van der Waals surface area contributed by atoms with Crippen molar-refractivity contribution in [3.63, 3.8) is 0 Å². The molecule has 0 bridgehead atoms. The Morgan fingerprint density at radius 3 is 2.21 bits per heavy atom. The molecule has 122 valence electrons. The number of halogens is 1. The summed E-state index contributed by atoms with van der Waals surface area (Å²) in [6.45, 7) is 0. The van der Waals surface area contributed by atoms with Gasteiger partial charge in [0.05, 0.1) is 31.9 Å².